The number of nitrogens with one attached hydrogen (secondary N) is 1. The third-order valence-corrected chi connectivity index (χ3v) is 2.34. The second kappa shape index (κ2) is 4.04. The minimum Gasteiger partial charge on any atom is -0.365 e. The highest BCUT2D eigenvalue weighted by Crippen LogP contribution is 2.29. The van der Waals surface area contributed by atoms with E-state index in [-0.39, 0.29) is 0 Å². The lowest BCUT2D eigenvalue weighted by Gasteiger charge is -2.07. The Morgan fingerprint density at radius 2 is 1.69 bits per heavy atom. The van der Waals surface area contributed by atoms with Gasteiger partial charge in [-0.3, -0.25) is 0 Å². The summed E-state index contributed by atoms with van der Waals surface area (Å²) in [6, 6.07) is 8.99. The fourth-order valence-electron chi connectivity index (χ4n) is 1.51. The summed E-state index contributed by atoms with van der Waals surface area (Å²) < 4.78 is 36.9. The van der Waals surface area contributed by atoms with E-state index in [1.807, 2.05) is 12.1 Å². The van der Waals surface area contributed by atoms with E-state index < -0.39 is 11.7 Å². The van der Waals surface area contributed by atoms with E-state index in [1.165, 1.54) is 12.1 Å². The summed E-state index contributed by atoms with van der Waals surface area (Å²) in [5, 5.41) is 0. The van der Waals surface area contributed by atoms with Gasteiger partial charge in [0.1, 0.15) is 0 Å². The first kappa shape index (κ1) is 10.8. The molecule has 16 heavy (non-hydrogen) atoms. The fraction of sp³-hybridized carbons (Fsp3) is 0.167. The van der Waals surface area contributed by atoms with Crippen LogP contribution in [0.15, 0.2) is 42.6 Å². The summed E-state index contributed by atoms with van der Waals surface area (Å²) in [7, 11) is 0. The third-order valence-electron chi connectivity index (χ3n) is 2.34. The molecule has 84 valence electrons. The average molecular weight is 225 g/mol. The Kier molecular flexibility index (Phi) is 2.73. The monoisotopic (exact) mass is 225 g/mol. The third kappa shape index (κ3) is 2.45. The van der Waals surface area contributed by atoms with E-state index in [0.29, 0.717) is 6.42 Å². The number of H-pyrrole nitrogens is 1. The highest BCUT2D eigenvalue weighted by molar-refractivity contribution is 5.27. The Hall–Kier alpha value is -1.71. The molecule has 0 saturated carbocycles. The van der Waals surface area contributed by atoms with Crippen molar-refractivity contribution in [1.29, 1.82) is 0 Å². The molecule has 1 nitrogen and oxygen atoms in total. The quantitative estimate of drug-likeness (QED) is 0.803. The van der Waals surface area contributed by atoms with E-state index in [1.54, 1.807) is 6.20 Å². The number of aromatic nitrogens is 1. The van der Waals surface area contributed by atoms with Crippen LogP contribution in [0.25, 0.3) is 0 Å². The summed E-state index contributed by atoms with van der Waals surface area (Å²) >= 11 is 0. The number of alkyl halides is 3. The molecule has 2 aromatic rings. The lowest BCUT2D eigenvalue weighted by molar-refractivity contribution is -0.137. The second-order valence-corrected chi connectivity index (χ2v) is 3.57. The van der Waals surface area contributed by atoms with Gasteiger partial charge in [0.25, 0.3) is 0 Å². The number of benzene rings is 1. The van der Waals surface area contributed by atoms with Crippen molar-refractivity contribution in [3.05, 3.63) is 59.4 Å². The first-order valence-electron chi connectivity index (χ1n) is 4.84. The van der Waals surface area contributed by atoms with Crippen LogP contribution in [-0.4, -0.2) is 4.98 Å². The maximum Gasteiger partial charge on any atom is 0.416 e. The van der Waals surface area contributed by atoms with Crippen molar-refractivity contribution in [2.45, 2.75) is 12.6 Å². The van der Waals surface area contributed by atoms with Crippen molar-refractivity contribution in [1.82, 2.24) is 4.98 Å². The zero-order valence-electron chi connectivity index (χ0n) is 8.38. The molecule has 0 aliphatic rings. The van der Waals surface area contributed by atoms with Crippen molar-refractivity contribution >= 4 is 0 Å². The van der Waals surface area contributed by atoms with Crippen molar-refractivity contribution in [2.24, 2.45) is 0 Å². The standard InChI is InChI=1S/C12H10F3N/c13-12(14,15)10-5-3-9(4-6-10)8-11-2-1-7-16-11/h1-7,16H,8H2. The molecule has 0 bridgehead atoms. The summed E-state index contributed by atoms with van der Waals surface area (Å²) in [5.41, 5.74) is 1.23. The number of aromatic amines is 1. The van der Waals surface area contributed by atoms with Crippen LogP contribution in [0.3, 0.4) is 0 Å². The second-order valence-electron chi connectivity index (χ2n) is 3.57. The highest BCUT2D eigenvalue weighted by Gasteiger charge is 2.29. The zero-order chi connectivity index (χ0) is 11.6. The van der Waals surface area contributed by atoms with Gasteiger partial charge < -0.3 is 4.98 Å². The summed E-state index contributed by atoms with van der Waals surface area (Å²) in [6.07, 6.45) is -1.85. The van der Waals surface area contributed by atoms with E-state index in [9.17, 15) is 13.2 Å². The smallest absolute Gasteiger partial charge is 0.365 e. The van der Waals surface area contributed by atoms with Crippen LogP contribution in [-0.2, 0) is 12.6 Å². The van der Waals surface area contributed by atoms with Gasteiger partial charge in [0.15, 0.2) is 0 Å². The van der Waals surface area contributed by atoms with Gasteiger partial charge in [0.2, 0.25) is 0 Å². The van der Waals surface area contributed by atoms with Crippen molar-refractivity contribution in [2.75, 3.05) is 0 Å². The van der Waals surface area contributed by atoms with Crippen LogP contribution in [0.2, 0.25) is 0 Å². The predicted molar refractivity (Wildman–Crippen MR) is 55.0 cm³/mol. The molecule has 0 fully saturated rings. The normalized spacial score (nSPS) is 11.7. The molecular weight excluding hydrogens is 215 g/mol. The molecule has 0 amide bonds. The molecule has 2 rings (SSSR count). The van der Waals surface area contributed by atoms with Gasteiger partial charge in [-0.1, -0.05) is 12.1 Å². The van der Waals surface area contributed by atoms with Crippen molar-refractivity contribution < 1.29 is 13.2 Å². The van der Waals surface area contributed by atoms with Gasteiger partial charge >= 0.3 is 6.18 Å². The molecule has 0 atom stereocenters. The average Bonchev–Trinajstić information content (AvgIpc) is 2.70. The van der Waals surface area contributed by atoms with Gasteiger partial charge in [-0.15, -0.1) is 0 Å². The van der Waals surface area contributed by atoms with Gasteiger partial charge in [-0.2, -0.15) is 13.2 Å². The topological polar surface area (TPSA) is 15.8 Å². The zero-order valence-corrected chi connectivity index (χ0v) is 8.38. The maximum absolute atomic E-state index is 12.3. The van der Waals surface area contributed by atoms with E-state index in [0.717, 1.165) is 23.4 Å². The molecule has 0 saturated heterocycles. The highest BCUT2D eigenvalue weighted by atomic mass is 19.4. The number of halogens is 3. The molecule has 1 aromatic heterocycles. The molecule has 0 aliphatic carbocycles. The number of hydrogen-bond donors (Lipinski definition) is 1. The van der Waals surface area contributed by atoms with Gasteiger partial charge in [-0.05, 0) is 29.8 Å². The summed E-state index contributed by atoms with van der Waals surface area (Å²) in [5.74, 6) is 0. The van der Waals surface area contributed by atoms with Crippen LogP contribution in [0.5, 0.6) is 0 Å². The van der Waals surface area contributed by atoms with Gasteiger partial charge in [0.05, 0.1) is 5.56 Å². The largest absolute Gasteiger partial charge is 0.416 e. The Balaban J connectivity index is 2.14. The van der Waals surface area contributed by atoms with E-state index >= 15 is 0 Å². The number of hydrogen-bond acceptors (Lipinski definition) is 0. The predicted octanol–water partition coefficient (Wildman–Crippen LogP) is 3.62. The molecule has 0 radical (unpaired) electrons. The Morgan fingerprint density at radius 1 is 1.00 bits per heavy atom. The molecule has 0 unspecified atom stereocenters. The summed E-state index contributed by atoms with van der Waals surface area (Å²) in [4.78, 5) is 3.01. The molecule has 0 spiro atoms. The minimum atomic E-state index is -4.26. The Morgan fingerprint density at radius 3 is 2.19 bits per heavy atom. The molecule has 1 heterocycles. The van der Waals surface area contributed by atoms with Crippen molar-refractivity contribution in [3.8, 4) is 0 Å². The van der Waals surface area contributed by atoms with Crippen LogP contribution in [0.4, 0.5) is 13.2 Å². The molecule has 4 heteroatoms. The maximum atomic E-state index is 12.3. The molecular formula is C12H10F3N. The first-order chi connectivity index (χ1) is 7.55. The van der Waals surface area contributed by atoms with E-state index in [2.05, 4.69) is 4.98 Å². The summed E-state index contributed by atoms with van der Waals surface area (Å²) in [6.45, 7) is 0. The van der Waals surface area contributed by atoms with Gasteiger partial charge in [0, 0.05) is 18.3 Å². The SMILES string of the molecule is FC(F)(F)c1ccc(Cc2ccc[nH]2)cc1. The Bertz CT molecular complexity index is 440. The molecule has 0 aliphatic heterocycles. The van der Waals surface area contributed by atoms with Crippen LogP contribution in [0, 0.1) is 0 Å². The first-order valence-corrected chi connectivity index (χ1v) is 4.84. The minimum absolute atomic E-state index is 0.609. The van der Waals surface area contributed by atoms with Crippen LogP contribution >= 0.6 is 0 Å². The lowest BCUT2D eigenvalue weighted by Crippen LogP contribution is -2.04. The Labute approximate surface area is 90.9 Å². The molecule has 1 N–H and O–H groups in total. The fourth-order valence-corrected chi connectivity index (χ4v) is 1.51. The van der Waals surface area contributed by atoms with E-state index in [4.69, 9.17) is 0 Å². The number of rotatable bonds is 2. The van der Waals surface area contributed by atoms with Crippen LogP contribution < -0.4 is 0 Å². The van der Waals surface area contributed by atoms with Gasteiger partial charge in [-0.25, -0.2) is 0 Å². The molecule has 1 aromatic carbocycles. The van der Waals surface area contributed by atoms with Crippen molar-refractivity contribution in [3.63, 3.8) is 0 Å². The lowest BCUT2D eigenvalue weighted by atomic mass is 10.1. The van der Waals surface area contributed by atoms with Crippen LogP contribution in [0.1, 0.15) is 16.8 Å².